The summed E-state index contributed by atoms with van der Waals surface area (Å²) < 4.78 is 23.3. The first-order chi connectivity index (χ1) is 7.58. The van der Waals surface area contributed by atoms with E-state index in [9.17, 15) is 9.18 Å². The van der Waals surface area contributed by atoms with Crippen LogP contribution in [0, 0.1) is 5.82 Å². The number of halogens is 2. The van der Waals surface area contributed by atoms with E-state index in [2.05, 4.69) is 15.9 Å². The van der Waals surface area contributed by atoms with Crippen LogP contribution >= 0.6 is 15.9 Å². The molecule has 1 rings (SSSR count). The molecule has 0 heterocycles. The maximum absolute atomic E-state index is 13.0. The molecule has 0 aliphatic heterocycles. The highest BCUT2D eigenvalue weighted by atomic mass is 79.9. The third-order valence-corrected chi connectivity index (χ3v) is 2.84. The van der Waals surface area contributed by atoms with Crippen molar-refractivity contribution in [2.45, 2.75) is 12.7 Å². The molecule has 0 unspecified atom stereocenters. The van der Waals surface area contributed by atoms with Crippen LogP contribution in [0.1, 0.15) is 5.56 Å². The SMILES string of the molecule is COC(OC)C(=O)Cc1cc(F)ccc1Br. The van der Waals surface area contributed by atoms with Crippen molar-refractivity contribution in [1.29, 1.82) is 0 Å². The lowest BCUT2D eigenvalue weighted by atomic mass is 10.1. The van der Waals surface area contributed by atoms with Crippen LogP contribution in [0.25, 0.3) is 0 Å². The molecule has 0 bridgehead atoms. The van der Waals surface area contributed by atoms with Crippen LogP contribution in [-0.2, 0) is 20.7 Å². The van der Waals surface area contributed by atoms with Crippen LogP contribution in [0.5, 0.6) is 0 Å². The van der Waals surface area contributed by atoms with Crippen molar-refractivity contribution in [3.8, 4) is 0 Å². The van der Waals surface area contributed by atoms with E-state index in [4.69, 9.17) is 9.47 Å². The molecule has 3 nitrogen and oxygen atoms in total. The molecule has 1 aromatic rings. The molecule has 0 saturated heterocycles. The predicted octanol–water partition coefficient (Wildman–Crippen LogP) is 2.32. The maximum Gasteiger partial charge on any atom is 0.217 e. The van der Waals surface area contributed by atoms with Gasteiger partial charge in [-0.25, -0.2) is 4.39 Å². The van der Waals surface area contributed by atoms with Crippen LogP contribution in [0.15, 0.2) is 22.7 Å². The highest BCUT2D eigenvalue weighted by molar-refractivity contribution is 9.10. The summed E-state index contributed by atoms with van der Waals surface area (Å²) in [6.07, 6.45) is -0.847. The van der Waals surface area contributed by atoms with Crippen molar-refractivity contribution in [2.24, 2.45) is 0 Å². The Labute approximate surface area is 102 Å². The summed E-state index contributed by atoms with van der Waals surface area (Å²) in [4.78, 5) is 11.6. The molecule has 88 valence electrons. The Bertz CT molecular complexity index is 377. The van der Waals surface area contributed by atoms with Gasteiger partial charge in [-0.05, 0) is 23.8 Å². The molecule has 1 aromatic carbocycles. The number of benzene rings is 1. The molecule has 0 atom stereocenters. The number of rotatable bonds is 5. The second kappa shape index (κ2) is 6.08. The summed E-state index contributed by atoms with van der Waals surface area (Å²) in [7, 11) is 2.76. The molecule has 0 fully saturated rings. The van der Waals surface area contributed by atoms with Crippen LogP contribution < -0.4 is 0 Å². The number of ether oxygens (including phenoxy) is 2. The molecular formula is C11H12BrFO3. The Hall–Kier alpha value is -0.780. The number of hydrogen-bond acceptors (Lipinski definition) is 3. The van der Waals surface area contributed by atoms with Gasteiger partial charge in [0.05, 0.1) is 0 Å². The molecule has 0 aliphatic carbocycles. The summed E-state index contributed by atoms with van der Waals surface area (Å²) >= 11 is 3.25. The van der Waals surface area contributed by atoms with Gasteiger partial charge in [0.25, 0.3) is 0 Å². The lowest BCUT2D eigenvalue weighted by Gasteiger charge is -2.12. The Morgan fingerprint density at radius 3 is 2.62 bits per heavy atom. The first-order valence-electron chi connectivity index (χ1n) is 4.60. The summed E-state index contributed by atoms with van der Waals surface area (Å²) in [5.74, 6) is -0.631. The highest BCUT2D eigenvalue weighted by Crippen LogP contribution is 2.19. The van der Waals surface area contributed by atoms with E-state index in [0.29, 0.717) is 10.0 Å². The standard InChI is InChI=1S/C11H12BrFO3/c1-15-11(16-2)10(14)6-7-5-8(13)3-4-9(7)12/h3-5,11H,6H2,1-2H3. The normalized spacial score (nSPS) is 10.8. The maximum atomic E-state index is 13.0. The predicted molar refractivity (Wildman–Crippen MR) is 60.6 cm³/mol. The summed E-state index contributed by atoms with van der Waals surface area (Å²) in [5, 5.41) is 0. The van der Waals surface area contributed by atoms with Gasteiger partial charge in [-0.3, -0.25) is 4.79 Å². The Balaban J connectivity index is 2.80. The molecule has 5 heteroatoms. The smallest absolute Gasteiger partial charge is 0.217 e. The molecule has 0 amide bonds. The quantitative estimate of drug-likeness (QED) is 0.781. The third-order valence-electron chi connectivity index (χ3n) is 2.06. The van der Waals surface area contributed by atoms with Crippen LogP contribution in [-0.4, -0.2) is 26.3 Å². The van der Waals surface area contributed by atoms with E-state index in [1.165, 1.54) is 26.4 Å². The topological polar surface area (TPSA) is 35.5 Å². The Morgan fingerprint density at radius 2 is 2.06 bits per heavy atom. The minimum atomic E-state index is -0.907. The largest absolute Gasteiger partial charge is 0.349 e. The molecule has 0 saturated carbocycles. The monoisotopic (exact) mass is 290 g/mol. The minimum absolute atomic E-state index is 0.0602. The van der Waals surface area contributed by atoms with Crippen molar-refractivity contribution in [1.82, 2.24) is 0 Å². The zero-order valence-corrected chi connectivity index (χ0v) is 10.6. The first-order valence-corrected chi connectivity index (χ1v) is 5.40. The highest BCUT2D eigenvalue weighted by Gasteiger charge is 2.18. The molecule has 0 aromatic heterocycles. The van der Waals surface area contributed by atoms with Crippen LogP contribution in [0.4, 0.5) is 4.39 Å². The molecular weight excluding hydrogens is 279 g/mol. The van der Waals surface area contributed by atoms with Gasteiger partial charge in [0.1, 0.15) is 5.82 Å². The molecule has 0 aliphatic rings. The number of Topliss-reactive ketones (excluding diaryl/α,β-unsaturated/α-hetero) is 1. The van der Waals surface area contributed by atoms with E-state index in [1.807, 2.05) is 0 Å². The minimum Gasteiger partial charge on any atom is -0.349 e. The van der Waals surface area contributed by atoms with E-state index in [1.54, 1.807) is 6.07 Å². The van der Waals surface area contributed by atoms with E-state index < -0.39 is 6.29 Å². The lowest BCUT2D eigenvalue weighted by Crippen LogP contribution is -2.26. The van der Waals surface area contributed by atoms with Gasteiger partial charge in [-0.1, -0.05) is 15.9 Å². The number of carbonyl (C=O) groups excluding carboxylic acids is 1. The second-order valence-electron chi connectivity index (χ2n) is 3.18. The summed E-state index contributed by atoms with van der Waals surface area (Å²) in [6, 6.07) is 4.19. The zero-order valence-electron chi connectivity index (χ0n) is 9.00. The van der Waals surface area contributed by atoms with E-state index in [0.717, 1.165) is 0 Å². The number of methoxy groups -OCH3 is 2. The van der Waals surface area contributed by atoms with Crippen molar-refractivity contribution in [3.05, 3.63) is 34.1 Å². The molecule has 0 radical (unpaired) electrons. The molecule has 0 N–H and O–H groups in total. The fraction of sp³-hybridized carbons (Fsp3) is 0.364. The summed E-state index contributed by atoms with van der Waals surface area (Å²) in [6.45, 7) is 0. The fourth-order valence-corrected chi connectivity index (χ4v) is 1.70. The number of hydrogen-bond donors (Lipinski definition) is 0. The van der Waals surface area contributed by atoms with Gasteiger partial charge in [0, 0.05) is 25.1 Å². The van der Waals surface area contributed by atoms with Gasteiger partial charge < -0.3 is 9.47 Å². The van der Waals surface area contributed by atoms with Crippen molar-refractivity contribution >= 4 is 21.7 Å². The average Bonchev–Trinajstić information content (AvgIpc) is 2.25. The van der Waals surface area contributed by atoms with Gasteiger partial charge in [-0.15, -0.1) is 0 Å². The first kappa shape index (κ1) is 13.3. The van der Waals surface area contributed by atoms with E-state index >= 15 is 0 Å². The fourth-order valence-electron chi connectivity index (χ4n) is 1.31. The van der Waals surface area contributed by atoms with Gasteiger partial charge in [0.15, 0.2) is 5.78 Å². The van der Waals surface area contributed by atoms with Crippen LogP contribution in [0.3, 0.4) is 0 Å². The second-order valence-corrected chi connectivity index (χ2v) is 4.04. The average molecular weight is 291 g/mol. The van der Waals surface area contributed by atoms with Gasteiger partial charge in [0.2, 0.25) is 6.29 Å². The van der Waals surface area contributed by atoms with Crippen molar-refractivity contribution < 1.29 is 18.7 Å². The van der Waals surface area contributed by atoms with Crippen molar-refractivity contribution in [3.63, 3.8) is 0 Å². The van der Waals surface area contributed by atoms with Crippen LogP contribution in [0.2, 0.25) is 0 Å². The number of ketones is 1. The van der Waals surface area contributed by atoms with Gasteiger partial charge in [-0.2, -0.15) is 0 Å². The van der Waals surface area contributed by atoms with Crippen molar-refractivity contribution in [2.75, 3.05) is 14.2 Å². The lowest BCUT2D eigenvalue weighted by molar-refractivity contribution is -0.155. The molecule has 0 spiro atoms. The Morgan fingerprint density at radius 1 is 1.44 bits per heavy atom. The molecule has 16 heavy (non-hydrogen) atoms. The Kier molecular flexibility index (Phi) is 5.05. The zero-order chi connectivity index (χ0) is 12.1. The number of carbonyl (C=O) groups is 1. The van der Waals surface area contributed by atoms with E-state index in [-0.39, 0.29) is 18.0 Å². The third kappa shape index (κ3) is 3.37. The summed E-state index contributed by atoms with van der Waals surface area (Å²) in [5.41, 5.74) is 0.573. The van der Waals surface area contributed by atoms with Gasteiger partial charge >= 0.3 is 0 Å².